The van der Waals surface area contributed by atoms with E-state index in [1.807, 2.05) is 39.1 Å². The minimum Gasteiger partial charge on any atom is -0.368 e. The molecule has 1 aromatic heterocycles. The van der Waals surface area contributed by atoms with Crippen molar-refractivity contribution in [1.29, 1.82) is 0 Å². The van der Waals surface area contributed by atoms with Crippen LogP contribution in [0.2, 0.25) is 5.02 Å². The first-order chi connectivity index (χ1) is 18.0. The SMILES string of the molecule is Cc1c(Cl)cccc1N1CCN(C(=O)Cn2nc(C(=O)N3CCN(C)C(C)C3)c3c2CCC(F)(F)C3)CC1. The molecule has 3 heterocycles. The maximum Gasteiger partial charge on any atom is 0.274 e. The highest BCUT2D eigenvalue weighted by Gasteiger charge is 2.41. The summed E-state index contributed by atoms with van der Waals surface area (Å²) in [5, 5.41) is 5.22. The van der Waals surface area contributed by atoms with E-state index in [2.05, 4.69) is 14.9 Å². The minimum absolute atomic E-state index is 0.0590. The number of anilines is 1. The summed E-state index contributed by atoms with van der Waals surface area (Å²) in [7, 11) is 2.01. The summed E-state index contributed by atoms with van der Waals surface area (Å²) in [5.74, 6) is -3.33. The van der Waals surface area contributed by atoms with E-state index in [9.17, 15) is 18.4 Å². The zero-order chi connectivity index (χ0) is 27.2. The number of halogens is 3. The largest absolute Gasteiger partial charge is 0.368 e. The van der Waals surface area contributed by atoms with Gasteiger partial charge in [-0.1, -0.05) is 17.7 Å². The molecule has 8 nitrogen and oxygen atoms in total. The topological polar surface area (TPSA) is 64.9 Å². The smallest absolute Gasteiger partial charge is 0.274 e. The van der Waals surface area contributed by atoms with Crippen molar-refractivity contribution in [3.63, 3.8) is 0 Å². The lowest BCUT2D eigenvalue weighted by Gasteiger charge is -2.37. The number of hydrogen-bond acceptors (Lipinski definition) is 5. The predicted molar refractivity (Wildman–Crippen MR) is 142 cm³/mol. The van der Waals surface area contributed by atoms with Crippen LogP contribution in [0.3, 0.4) is 0 Å². The Kier molecular flexibility index (Phi) is 7.39. The Morgan fingerprint density at radius 3 is 2.53 bits per heavy atom. The van der Waals surface area contributed by atoms with E-state index in [0.29, 0.717) is 62.1 Å². The summed E-state index contributed by atoms with van der Waals surface area (Å²) < 4.78 is 30.3. The summed E-state index contributed by atoms with van der Waals surface area (Å²) in [6, 6.07) is 5.99. The molecule has 1 aliphatic carbocycles. The number of nitrogens with zero attached hydrogens (tertiary/aromatic N) is 6. The van der Waals surface area contributed by atoms with Crippen molar-refractivity contribution in [2.75, 3.05) is 57.8 Å². The Morgan fingerprint density at radius 2 is 1.82 bits per heavy atom. The number of fused-ring (bicyclic) bond motifs is 1. The molecule has 0 bridgehead atoms. The highest BCUT2D eigenvalue weighted by molar-refractivity contribution is 6.31. The van der Waals surface area contributed by atoms with E-state index in [1.165, 1.54) is 4.68 Å². The van der Waals surface area contributed by atoms with Gasteiger partial charge >= 0.3 is 0 Å². The van der Waals surface area contributed by atoms with Crippen LogP contribution in [-0.2, 0) is 24.2 Å². The third-order valence-corrected chi connectivity index (χ3v) is 8.69. The molecule has 2 amide bonds. The second-order valence-corrected chi connectivity index (χ2v) is 11.2. The van der Waals surface area contributed by atoms with Gasteiger partial charge in [-0.05, 0) is 45.0 Å². The quantitative estimate of drug-likeness (QED) is 0.587. The van der Waals surface area contributed by atoms with E-state index in [1.54, 1.807) is 9.80 Å². The van der Waals surface area contributed by atoms with Gasteiger partial charge in [0.15, 0.2) is 5.69 Å². The van der Waals surface area contributed by atoms with E-state index >= 15 is 0 Å². The van der Waals surface area contributed by atoms with Crippen LogP contribution in [0.4, 0.5) is 14.5 Å². The number of hydrogen-bond donors (Lipinski definition) is 0. The number of rotatable bonds is 4. The molecule has 0 spiro atoms. The Balaban J connectivity index is 1.31. The highest BCUT2D eigenvalue weighted by atomic mass is 35.5. The number of benzene rings is 1. The van der Waals surface area contributed by atoms with Gasteiger partial charge < -0.3 is 19.6 Å². The molecule has 206 valence electrons. The summed E-state index contributed by atoms with van der Waals surface area (Å²) in [6.07, 6.45) is -0.730. The van der Waals surface area contributed by atoms with Crippen LogP contribution in [0, 0.1) is 6.92 Å². The maximum absolute atomic E-state index is 14.4. The zero-order valence-electron chi connectivity index (χ0n) is 22.2. The van der Waals surface area contributed by atoms with Gasteiger partial charge in [-0.3, -0.25) is 14.3 Å². The number of aromatic nitrogens is 2. The summed E-state index contributed by atoms with van der Waals surface area (Å²) in [6.45, 7) is 8.13. The first-order valence-electron chi connectivity index (χ1n) is 13.3. The minimum atomic E-state index is -2.88. The number of amides is 2. The van der Waals surface area contributed by atoms with Gasteiger partial charge in [-0.15, -0.1) is 0 Å². The molecule has 0 N–H and O–H groups in total. The molecule has 2 fully saturated rings. The van der Waals surface area contributed by atoms with Gasteiger partial charge in [0.1, 0.15) is 6.54 Å². The van der Waals surface area contributed by atoms with Crippen LogP contribution < -0.4 is 4.90 Å². The number of carbonyl (C=O) groups is 2. The summed E-state index contributed by atoms with van der Waals surface area (Å²) in [5.41, 5.74) is 3.04. The predicted octanol–water partition coefficient (Wildman–Crippen LogP) is 3.09. The second kappa shape index (κ2) is 10.4. The highest BCUT2D eigenvalue weighted by Crippen LogP contribution is 2.35. The summed E-state index contributed by atoms with van der Waals surface area (Å²) in [4.78, 5) is 34.6. The molecule has 2 aromatic rings. The molecule has 2 saturated heterocycles. The molecule has 5 rings (SSSR count). The molecule has 3 aliphatic rings. The van der Waals surface area contributed by atoms with E-state index in [0.717, 1.165) is 11.3 Å². The average Bonchev–Trinajstić information content (AvgIpc) is 3.23. The average molecular weight is 549 g/mol. The first kappa shape index (κ1) is 26.9. The van der Waals surface area contributed by atoms with Crippen molar-refractivity contribution in [3.05, 3.63) is 45.7 Å². The lowest BCUT2D eigenvalue weighted by atomic mass is 9.92. The van der Waals surface area contributed by atoms with Crippen molar-refractivity contribution >= 4 is 29.1 Å². The van der Waals surface area contributed by atoms with Gasteiger partial charge in [-0.2, -0.15) is 5.10 Å². The van der Waals surface area contributed by atoms with Gasteiger partial charge in [0.25, 0.3) is 11.8 Å². The van der Waals surface area contributed by atoms with E-state index < -0.39 is 12.3 Å². The van der Waals surface area contributed by atoms with Gasteiger partial charge in [0, 0.05) is 86.7 Å². The third kappa shape index (κ3) is 5.25. The molecule has 1 unspecified atom stereocenters. The Labute approximate surface area is 227 Å². The van der Waals surface area contributed by atoms with Crippen LogP contribution in [0.5, 0.6) is 0 Å². The fourth-order valence-electron chi connectivity index (χ4n) is 5.70. The Bertz CT molecular complexity index is 1230. The molecule has 2 aliphatic heterocycles. The lowest BCUT2D eigenvalue weighted by Crippen LogP contribution is -2.52. The normalized spacial score (nSPS) is 21.9. The van der Waals surface area contributed by atoms with Crippen LogP contribution in [0.1, 0.15) is 40.7 Å². The van der Waals surface area contributed by atoms with Gasteiger partial charge in [-0.25, -0.2) is 8.78 Å². The van der Waals surface area contributed by atoms with Crippen LogP contribution in [-0.4, -0.2) is 101 Å². The molecule has 1 atom stereocenters. The van der Waals surface area contributed by atoms with Crippen molar-refractivity contribution in [2.24, 2.45) is 0 Å². The fraction of sp³-hybridized carbons (Fsp3) is 0.593. The van der Waals surface area contributed by atoms with E-state index in [4.69, 9.17) is 11.6 Å². The van der Waals surface area contributed by atoms with E-state index in [-0.39, 0.29) is 42.9 Å². The van der Waals surface area contributed by atoms with Gasteiger partial charge in [0.05, 0.1) is 0 Å². The number of alkyl halides is 2. The molecular weight excluding hydrogens is 514 g/mol. The monoisotopic (exact) mass is 548 g/mol. The summed E-state index contributed by atoms with van der Waals surface area (Å²) >= 11 is 6.29. The van der Waals surface area contributed by atoms with Gasteiger partial charge in [0.2, 0.25) is 5.91 Å². The fourth-order valence-corrected chi connectivity index (χ4v) is 5.87. The third-order valence-electron chi connectivity index (χ3n) is 8.28. The zero-order valence-corrected chi connectivity index (χ0v) is 23.0. The Morgan fingerprint density at radius 1 is 1.11 bits per heavy atom. The second-order valence-electron chi connectivity index (χ2n) is 10.8. The molecular formula is C27H35ClF2N6O2. The van der Waals surface area contributed by atoms with Crippen molar-refractivity contribution in [3.8, 4) is 0 Å². The van der Waals surface area contributed by atoms with Crippen molar-refractivity contribution < 1.29 is 18.4 Å². The number of carbonyl (C=O) groups excluding carboxylic acids is 2. The number of likely N-dealkylation sites (N-methyl/N-ethyl adjacent to an activating group) is 1. The van der Waals surface area contributed by atoms with Crippen molar-refractivity contribution in [2.45, 2.75) is 51.6 Å². The first-order valence-corrected chi connectivity index (χ1v) is 13.7. The Hall–Kier alpha value is -2.72. The molecule has 11 heteroatoms. The standard InChI is InChI=1S/C27H35ClF2N6O2/c1-18-16-35(10-9-32(18)3)26(38)25-20-15-27(29,30)8-7-23(20)36(31-25)17-24(37)34-13-11-33(12-14-34)22-6-4-5-21(28)19(22)2/h4-6,18H,7-17H2,1-3H3. The molecule has 38 heavy (non-hydrogen) atoms. The van der Waals surface area contributed by atoms with Crippen molar-refractivity contribution in [1.82, 2.24) is 24.5 Å². The lowest BCUT2D eigenvalue weighted by molar-refractivity contribution is -0.132. The molecule has 0 saturated carbocycles. The molecule has 1 aromatic carbocycles. The van der Waals surface area contributed by atoms with Crippen LogP contribution in [0.15, 0.2) is 18.2 Å². The van der Waals surface area contributed by atoms with Crippen LogP contribution in [0.25, 0.3) is 0 Å². The van der Waals surface area contributed by atoms with Crippen LogP contribution >= 0.6 is 11.6 Å². The maximum atomic E-state index is 14.4. The molecule has 0 radical (unpaired) electrons. The number of piperazine rings is 2.